The second kappa shape index (κ2) is 13.5. The third kappa shape index (κ3) is 10.3. The van der Waals surface area contributed by atoms with E-state index in [1.54, 1.807) is 0 Å². The summed E-state index contributed by atoms with van der Waals surface area (Å²) in [6, 6.07) is 18.6. The third-order valence-electron chi connectivity index (χ3n) is 3.10. The van der Waals surface area contributed by atoms with Crippen molar-refractivity contribution >= 4 is 5.69 Å². The Morgan fingerprint density at radius 1 is 0.810 bits per heavy atom. The van der Waals surface area contributed by atoms with Gasteiger partial charge >= 0.3 is 51.4 Å². The van der Waals surface area contributed by atoms with Crippen LogP contribution in [0.1, 0.15) is 37.3 Å². The average molecular weight is 308 g/mol. The second-order valence-corrected chi connectivity index (χ2v) is 5.03. The van der Waals surface area contributed by atoms with Crippen LogP contribution in [0, 0.1) is 13.8 Å². The molecule has 1 nitrogen and oxygen atoms in total. The molecule has 0 aliphatic carbocycles. The summed E-state index contributed by atoms with van der Waals surface area (Å²) in [5.41, 5.74) is 3.75. The smallest absolute Gasteiger partial charge is 0.684 e. The van der Waals surface area contributed by atoms with E-state index in [4.69, 9.17) is 0 Å². The van der Waals surface area contributed by atoms with Crippen LogP contribution in [-0.2, 0) is 0 Å². The molecule has 0 fully saturated rings. The number of para-hydroxylation sites is 1. The monoisotopic (exact) mass is 307 g/mol. The first-order valence-electron chi connectivity index (χ1n) is 7.48. The number of hydrogen-bond donors (Lipinski definition) is 0. The van der Waals surface area contributed by atoms with Gasteiger partial charge in [0.2, 0.25) is 0 Å². The first kappa shape index (κ1) is 20.9. The van der Waals surface area contributed by atoms with Gasteiger partial charge < -0.3 is 5.32 Å². The first-order valence-corrected chi connectivity index (χ1v) is 7.48. The SMILES string of the molecule is CCCCC[N-]c1ccccc1C.Cc1ccccc1.[K+]. The fraction of sp³-hybridized carbons (Fsp3) is 0.368. The van der Waals surface area contributed by atoms with Crippen molar-refractivity contribution in [1.82, 2.24) is 0 Å². The number of hydrogen-bond acceptors (Lipinski definition) is 0. The quantitative estimate of drug-likeness (QED) is 0.595. The van der Waals surface area contributed by atoms with Gasteiger partial charge in [0, 0.05) is 0 Å². The molecule has 0 saturated heterocycles. The molecule has 21 heavy (non-hydrogen) atoms. The van der Waals surface area contributed by atoms with Crippen molar-refractivity contribution in [2.75, 3.05) is 6.54 Å². The van der Waals surface area contributed by atoms with E-state index in [2.05, 4.69) is 56.4 Å². The molecule has 0 spiro atoms. The predicted molar refractivity (Wildman–Crippen MR) is 89.8 cm³/mol. The summed E-state index contributed by atoms with van der Waals surface area (Å²) in [4.78, 5) is 0. The maximum Gasteiger partial charge on any atom is 1.00 e. The zero-order valence-electron chi connectivity index (χ0n) is 14.0. The van der Waals surface area contributed by atoms with Crippen molar-refractivity contribution < 1.29 is 51.4 Å². The Morgan fingerprint density at radius 3 is 1.95 bits per heavy atom. The van der Waals surface area contributed by atoms with Crippen molar-refractivity contribution in [2.24, 2.45) is 0 Å². The van der Waals surface area contributed by atoms with Gasteiger partial charge in [0.1, 0.15) is 0 Å². The Balaban J connectivity index is 0.000000425. The standard InChI is InChI=1S/C12H18N.C7H8.K/c1-3-4-7-10-13-12-9-6-5-8-11(12)2;1-7-5-3-2-4-6-7;/h5-6,8-9H,3-4,7,10H2,1-2H3;2-6H,1H3;/q-1;;+1. The molecule has 0 N–H and O–H groups in total. The van der Waals surface area contributed by atoms with Crippen LogP contribution in [0.4, 0.5) is 5.69 Å². The molecule has 2 rings (SSSR count). The maximum absolute atomic E-state index is 4.54. The van der Waals surface area contributed by atoms with Gasteiger partial charge in [-0.1, -0.05) is 91.9 Å². The predicted octanol–water partition coefficient (Wildman–Crippen LogP) is 3.19. The van der Waals surface area contributed by atoms with Crippen LogP contribution >= 0.6 is 0 Å². The van der Waals surface area contributed by atoms with Gasteiger partial charge in [-0.2, -0.15) is 0 Å². The van der Waals surface area contributed by atoms with Crippen LogP contribution in [0.25, 0.3) is 5.32 Å². The van der Waals surface area contributed by atoms with Crippen molar-refractivity contribution in [3.8, 4) is 0 Å². The molecular formula is C19H26KN. The molecule has 2 aromatic carbocycles. The van der Waals surface area contributed by atoms with Crippen molar-refractivity contribution in [1.29, 1.82) is 0 Å². The largest absolute Gasteiger partial charge is 1.00 e. The summed E-state index contributed by atoms with van der Waals surface area (Å²) in [7, 11) is 0. The van der Waals surface area contributed by atoms with Gasteiger partial charge in [-0.15, -0.1) is 12.2 Å². The molecule has 2 aromatic rings. The van der Waals surface area contributed by atoms with Crippen molar-refractivity contribution in [2.45, 2.75) is 40.0 Å². The third-order valence-corrected chi connectivity index (χ3v) is 3.10. The molecule has 0 bridgehead atoms. The molecule has 0 aromatic heterocycles. The molecule has 0 atom stereocenters. The van der Waals surface area contributed by atoms with Gasteiger partial charge in [0.15, 0.2) is 0 Å². The zero-order chi connectivity index (χ0) is 14.6. The topological polar surface area (TPSA) is 14.1 Å². The Labute approximate surface area is 173 Å². The zero-order valence-corrected chi connectivity index (χ0v) is 17.1. The minimum absolute atomic E-state index is 0. The molecule has 108 valence electrons. The molecule has 0 amide bonds. The van der Waals surface area contributed by atoms with E-state index in [9.17, 15) is 0 Å². The molecule has 0 heterocycles. The van der Waals surface area contributed by atoms with Crippen molar-refractivity contribution in [3.05, 3.63) is 71.0 Å². The Kier molecular flexibility index (Phi) is 13.5. The maximum atomic E-state index is 4.54. The average Bonchev–Trinajstić information content (AvgIpc) is 2.47. The number of rotatable bonds is 5. The van der Waals surface area contributed by atoms with Crippen molar-refractivity contribution in [3.63, 3.8) is 0 Å². The number of nitrogens with zero attached hydrogens (tertiary/aromatic N) is 1. The molecule has 0 aliphatic heterocycles. The second-order valence-electron chi connectivity index (χ2n) is 5.03. The Morgan fingerprint density at radius 2 is 1.43 bits per heavy atom. The van der Waals surface area contributed by atoms with Gasteiger partial charge in [-0.3, -0.25) is 0 Å². The summed E-state index contributed by atoms with van der Waals surface area (Å²) >= 11 is 0. The number of aryl methyl sites for hydroxylation is 2. The van der Waals surface area contributed by atoms with E-state index in [1.165, 1.54) is 30.4 Å². The van der Waals surface area contributed by atoms with Gasteiger partial charge in [-0.25, -0.2) is 0 Å². The summed E-state index contributed by atoms with van der Waals surface area (Å²) in [5, 5.41) is 4.54. The summed E-state index contributed by atoms with van der Waals surface area (Å²) in [6.45, 7) is 7.38. The van der Waals surface area contributed by atoms with Gasteiger partial charge in [0.25, 0.3) is 0 Å². The number of benzene rings is 2. The van der Waals surface area contributed by atoms with Gasteiger partial charge in [0.05, 0.1) is 0 Å². The fourth-order valence-corrected chi connectivity index (χ4v) is 1.84. The van der Waals surface area contributed by atoms with E-state index in [1.807, 2.05) is 24.3 Å². The van der Waals surface area contributed by atoms with Crippen LogP contribution < -0.4 is 51.4 Å². The van der Waals surface area contributed by atoms with Crippen LogP contribution in [0.5, 0.6) is 0 Å². The molecule has 2 heteroatoms. The molecule has 0 saturated carbocycles. The molecule has 0 unspecified atom stereocenters. The minimum Gasteiger partial charge on any atom is -0.684 e. The molecule has 0 radical (unpaired) electrons. The summed E-state index contributed by atoms with van der Waals surface area (Å²) < 4.78 is 0. The van der Waals surface area contributed by atoms with E-state index >= 15 is 0 Å². The van der Waals surface area contributed by atoms with Crippen LogP contribution in [0.3, 0.4) is 0 Å². The van der Waals surface area contributed by atoms with E-state index in [0.29, 0.717) is 0 Å². The van der Waals surface area contributed by atoms with Crippen LogP contribution in [0.2, 0.25) is 0 Å². The van der Waals surface area contributed by atoms with E-state index in [-0.39, 0.29) is 51.4 Å². The van der Waals surface area contributed by atoms with E-state index < -0.39 is 0 Å². The van der Waals surface area contributed by atoms with Crippen LogP contribution in [0.15, 0.2) is 54.6 Å². The fourth-order valence-electron chi connectivity index (χ4n) is 1.84. The number of unbranched alkanes of at least 4 members (excludes halogenated alkanes) is 2. The Bertz CT molecular complexity index is 468. The van der Waals surface area contributed by atoms with E-state index in [0.717, 1.165) is 12.2 Å². The molecular weight excluding hydrogens is 281 g/mol. The normalized spacial score (nSPS) is 9.10. The molecule has 0 aliphatic rings. The summed E-state index contributed by atoms with van der Waals surface area (Å²) in [5.74, 6) is 0. The van der Waals surface area contributed by atoms with Crippen LogP contribution in [-0.4, -0.2) is 6.54 Å². The minimum atomic E-state index is 0. The van der Waals surface area contributed by atoms with Gasteiger partial charge in [-0.05, 0) is 13.8 Å². The first-order chi connectivity index (χ1) is 9.74. The summed E-state index contributed by atoms with van der Waals surface area (Å²) in [6.07, 6.45) is 3.77. The Hall–Kier alpha value is -0.124.